The van der Waals surface area contributed by atoms with Crippen molar-refractivity contribution in [2.45, 2.75) is 18.8 Å². The number of benzene rings is 1. The molecule has 1 N–H and O–H groups in total. The van der Waals surface area contributed by atoms with E-state index >= 15 is 0 Å². The first-order valence-electron chi connectivity index (χ1n) is 7.88. The average Bonchev–Trinajstić information content (AvgIpc) is 2.61. The fraction of sp³-hybridized carbons (Fsp3) is 0.353. The number of ether oxygens (including phenoxy) is 2. The first-order chi connectivity index (χ1) is 12.7. The maximum Gasteiger partial charge on any atom is 0.573 e. The molecular weight excluding hydrogens is 369 g/mol. The van der Waals surface area contributed by atoms with Crippen molar-refractivity contribution in [3.8, 4) is 5.75 Å². The van der Waals surface area contributed by atoms with Gasteiger partial charge in [-0.1, -0.05) is 12.1 Å². The minimum absolute atomic E-state index is 0.217. The number of carbonyl (C=O) groups is 3. The van der Waals surface area contributed by atoms with Gasteiger partial charge < -0.3 is 19.7 Å². The van der Waals surface area contributed by atoms with Crippen molar-refractivity contribution in [1.82, 2.24) is 10.2 Å². The second kappa shape index (κ2) is 8.56. The van der Waals surface area contributed by atoms with Crippen LogP contribution in [0.15, 0.2) is 30.3 Å². The minimum Gasteiger partial charge on any atom is -0.469 e. The van der Waals surface area contributed by atoms with E-state index in [-0.39, 0.29) is 25.3 Å². The van der Waals surface area contributed by atoms with Crippen molar-refractivity contribution in [2.75, 3.05) is 20.2 Å². The van der Waals surface area contributed by atoms with E-state index in [1.54, 1.807) is 0 Å². The van der Waals surface area contributed by atoms with Gasteiger partial charge in [-0.25, -0.2) is 0 Å². The lowest BCUT2D eigenvalue weighted by atomic mass is 10.1. The zero-order chi connectivity index (χ0) is 20.0. The van der Waals surface area contributed by atoms with Gasteiger partial charge in [0.1, 0.15) is 11.8 Å². The highest BCUT2D eigenvalue weighted by Crippen LogP contribution is 2.23. The predicted molar refractivity (Wildman–Crippen MR) is 87.3 cm³/mol. The highest BCUT2D eigenvalue weighted by Gasteiger charge is 2.34. The lowest BCUT2D eigenvalue weighted by molar-refractivity contribution is -0.274. The Morgan fingerprint density at radius 3 is 2.56 bits per heavy atom. The molecule has 0 bridgehead atoms. The Hall–Kier alpha value is -3.04. The molecule has 0 aliphatic carbocycles. The van der Waals surface area contributed by atoms with Gasteiger partial charge >= 0.3 is 12.3 Å². The lowest BCUT2D eigenvalue weighted by Crippen LogP contribution is -2.57. The van der Waals surface area contributed by atoms with Crippen LogP contribution in [0, 0.1) is 0 Å². The zero-order valence-corrected chi connectivity index (χ0v) is 14.3. The number of piperazine rings is 1. The van der Waals surface area contributed by atoms with Crippen LogP contribution in [0.3, 0.4) is 0 Å². The Morgan fingerprint density at radius 2 is 1.96 bits per heavy atom. The Labute approximate surface area is 152 Å². The van der Waals surface area contributed by atoms with Crippen molar-refractivity contribution in [1.29, 1.82) is 0 Å². The Balaban J connectivity index is 2.05. The monoisotopic (exact) mass is 386 g/mol. The van der Waals surface area contributed by atoms with Gasteiger partial charge in [-0.15, -0.1) is 13.2 Å². The van der Waals surface area contributed by atoms with Crippen molar-refractivity contribution in [3.05, 3.63) is 35.9 Å². The van der Waals surface area contributed by atoms with E-state index in [0.717, 1.165) is 12.1 Å². The van der Waals surface area contributed by atoms with Crippen LogP contribution < -0.4 is 10.1 Å². The van der Waals surface area contributed by atoms with E-state index in [2.05, 4.69) is 14.8 Å². The first kappa shape index (κ1) is 20.3. The molecule has 2 rings (SSSR count). The molecule has 1 aromatic rings. The second-order valence-corrected chi connectivity index (χ2v) is 5.57. The van der Waals surface area contributed by atoms with Crippen LogP contribution in [-0.4, -0.2) is 55.3 Å². The number of rotatable bonds is 5. The smallest absolute Gasteiger partial charge is 0.469 e. The highest BCUT2D eigenvalue weighted by molar-refractivity contribution is 5.97. The maximum absolute atomic E-state index is 12.4. The summed E-state index contributed by atoms with van der Waals surface area (Å²) in [7, 11) is 1.18. The number of hydrogen-bond acceptors (Lipinski definition) is 5. The van der Waals surface area contributed by atoms with E-state index < -0.39 is 30.2 Å². The van der Waals surface area contributed by atoms with E-state index in [4.69, 9.17) is 0 Å². The summed E-state index contributed by atoms with van der Waals surface area (Å²) in [6, 6.07) is 3.95. The first-order valence-corrected chi connectivity index (χ1v) is 7.88. The third-order valence-corrected chi connectivity index (χ3v) is 3.73. The third kappa shape index (κ3) is 6.01. The number of amides is 2. The van der Waals surface area contributed by atoms with Gasteiger partial charge in [-0.05, 0) is 23.8 Å². The molecule has 27 heavy (non-hydrogen) atoms. The molecule has 1 atom stereocenters. The molecule has 0 spiro atoms. The molecule has 1 aliphatic rings. The summed E-state index contributed by atoms with van der Waals surface area (Å²) in [6.07, 6.45) is -2.48. The summed E-state index contributed by atoms with van der Waals surface area (Å²) in [6.45, 7) is 0.467. The number of nitrogens with zero attached hydrogens (tertiary/aromatic N) is 1. The summed E-state index contributed by atoms with van der Waals surface area (Å²) < 4.78 is 44.7. The molecular formula is C17H17F3N2O5. The SMILES string of the molecule is COC(=O)CC1C(=O)NCCN1C(=O)/C=C/c1ccc(OC(F)(F)F)cc1. The van der Waals surface area contributed by atoms with Gasteiger partial charge in [0.25, 0.3) is 0 Å². The van der Waals surface area contributed by atoms with E-state index in [9.17, 15) is 27.6 Å². The van der Waals surface area contributed by atoms with Crippen molar-refractivity contribution >= 4 is 23.9 Å². The predicted octanol–water partition coefficient (Wildman–Crippen LogP) is 1.49. The molecule has 0 saturated carbocycles. The number of halogens is 3. The van der Waals surface area contributed by atoms with Crippen LogP contribution in [-0.2, 0) is 19.1 Å². The normalized spacial score (nSPS) is 17.6. The van der Waals surface area contributed by atoms with Crippen LogP contribution >= 0.6 is 0 Å². The molecule has 0 aromatic heterocycles. The molecule has 1 unspecified atom stereocenters. The molecule has 146 valence electrons. The van der Waals surface area contributed by atoms with Gasteiger partial charge in [-0.2, -0.15) is 0 Å². The molecule has 0 radical (unpaired) electrons. The summed E-state index contributed by atoms with van der Waals surface area (Å²) in [5.41, 5.74) is 0.462. The fourth-order valence-electron chi connectivity index (χ4n) is 2.47. The molecule has 1 aromatic carbocycles. The summed E-state index contributed by atoms with van der Waals surface area (Å²) in [4.78, 5) is 37.0. The van der Waals surface area contributed by atoms with Crippen LogP contribution in [0.2, 0.25) is 0 Å². The molecule has 1 fully saturated rings. The van der Waals surface area contributed by atoms with Crippen LogP contribution in [0.4, 0.5) is 13.2 Å². The van der Waals surface area contributed by atoms with Crippen LogP contribution in [0.5, 0.6) is 5.75 Å². The average molecular weight is 386 g/mol. The standard InChI is InChI=1S/C17H17F3N2O5/c1-26-15(24)10-13-16(25)21-8-9-22(13)14(23)7-4-11-2-5-12(6-3-11)27-17(18,19)20/h2-7,13H,8-10H2,1H3,(H,21,25)/b7-4+. The van der Waals surface area contributed by atoms with E-state index in [1.165, 1.54) is 36.3 Å². The Kier molecular flexibility index (Phi) is 6.43. The molecule has 1 saturated heterocycles. The summed E-state index contributed by atoms with van der Waals surface area (Å²) >= 11 is 0. The number of hydrogen-bond donors (Lipinski definition) is 1. The topological polar surface area (TPSA) is 84.9 Å². The summed E-state index contributed by atoms with van der Waals surface area (Å²) in [5, 5.41) is 2.57. The molecule has 2 amide bonds. The largest absolute Gasteiger partial charge is 0.573 e. The second-order valence-electron chi connectivity index (χ2n) is 5.57. The van der Waals surface area contributed by atoms with Gasteiger partial charge in [0.15, 0.2) is 0 Å². The van der Waals surface area contributed by atoms with E-state index in [0.29, 0.717) is 5.56 Å². The van der Waals surface area contributed by atoms with Gasteiger partial charge in [0, 0.05) is 19.2 Å². The number of nitrogens with one attached hydrogen (secondary N) is 1. The Morgan fingerprint density at radius 1 is 1.30 bits per heavy atom. The van der Waals surface area contributed by atoms with E-state index in [1.807, 2.05) is 0 Å². The molecule has 1 heterocycles. The van der Waals surface area contributed by atoms with Gasteiger partial charge in [0.05, 0.1) is 13.5 Å². The number of alkyl halides is 3. The zero-order valence-electron chi connectivity index (χ0n) is 14.3. The minimum atomic E-state index is -4.78. The van der Waals surface area contributed by atoms with Gasteiger partial charge in [-0.3, -0.25) is 14.4 Å². The van der Waals surface area contributed by atoms with Crippen molar-refractivity contribution in [2.24, 2.45) is 0 Å². The third-order valence-electron chi connectivity index (χ3n) is 3.73. The van der Waals surface area contributed by atoms with Gasteiger partial charge in [0.2, 0.25) is 11.8 Å². The fourth-order valence-corrected chi connectivity index (χ4v) is 2.47. The number of methoxy groups -OCH3 is 1. The molecule has 7 nitrogen and oxygen atoms in total. The maximum atomic E-state index is 12.4. The number of carbonyl (C=O) groups excluding carboxylic acids is 3. The Bertz CT molecular complexity index is 731. The van der Waals surface area contributed by atoms with Crippen molar-refractivity contribution in [3.63, 3.8) is 0 Å². The van der Waals surface area contributed by atoms with Crippen LogP contribution in [0.1, 0.15) is 12.0 Å². The molecule has 10 heteroatoms. The lowest BCUT2D eigenvalue weighted by Gasteiger charge is -2.33. The highest BCUT2D eigenvalue weighted by atomic mass is 19.4. The quantitative estimate of drug-likeness (QED) is 0.612. The molecule has 1 aliphatic heterocycles. The summed E-state index contributed by atoms with van der Waals surface area (Å²) in [5.74, 6) is -1.97. The number of esters is 1. The van der Waals surface area contributed by atoms with Crippen molar-refractivity contribution < 1.29 is 37.0 Å². The van der Waals surface area contributed by atoms with Crippen LogP contribution in [0.25, 0.3) is 6.08 Å².